The van der Waals surface area contributed by atoms with E-state index in [0.717, 1.165) is 22.9 Å². The van der Waals surface area contributed by atoms with Crippen molar-refractivity contribution in [1.29, 1.82) is 0 Å². The first-order valence-corrected chi connectivity index (χ1v) is 7.09. The molecule has 4 heteroatoms. The maximum Gasteiger partial charge on any atom is 0.187 e. The number of nitrogens with one attached hydrogen (secondary N) is 1. The largest absolute Gasteiger partial charge is 0.331 e. The predicted molar refractivity (Wildman–Crippen MR) is 78.7 cm³/mol. The molecule has 18 heavy (non-hydrogen) atoms. The van der Waals surface area contributed by atoms with Gasteiger partial charge in [-0.15, -0.1) is 11.3 Å². The zero-order chi connectivity index (χ0) is 13.0. The summed E-state index contributed by atoms with van der Waals surface area (Å²) in [6.45, 7) is 5.04. The molecule has 1 aromatic heterocycles. The van der Waals surface area contributed by atoms with Crippen LogP contribution in [0.15, 0.2) is 29.6 Å². The van der Waals surface area contributed by atoms with Gasteiger partial charge in [-0.1, -0.05) is 32.0 Å². The molecule has 0 aliphatic heterocycles. The van der Waals surface area contributed by atoms with Gasteiger partial charge >= 0.3 is 0 Å². The van der Waals surface area contributed by atoms with Crippen molar-refractivity contribution in [2.45, 2.75) is 26.2 Å². The number of nitrogens with two attached hydrogens (primary N) is 1. The molecule has 0 atom stereocenters. The van der Waals surface area contributed by atoms with Gasteiger partial charge in [-0.05, 0) is 24.1 Å². The summed E-state index contributed by atoms with van der Waals surface area (Å²) >= 11 is 1.63. The molecule has 0 radical (unpaired) electrons. The zero-order valence-electron chi connectivity index (χ0n) is 10.8. The normalized spacial score (nSPS) is 10.9. The molecule has 0 saturated heterocycles. The topological polar surface area (TPSA) is 50.9 Å². The lowest BCUT2D eigenvalue weighted by atomic mass is 10.0. The molecule has 0 amide bonds. The number of hydrogen-bond acceptors (Lipinski definition) is 4. The van der Waals surface area contributed by atoms with Crippen molar-refractivity contribution in [3.05, 3.63) is 40.9 Å². The lowest BCUT2D eigenvalue weighted by Crippen LogP contribution is -2.03. The number of para-hydroxylation sites is 1. The number of benzene rings is 1. The Morgan fingerprint density at radius 2 is 2.11 bits per heavy atom. The number of aromatic nitrogens is 1. The third-order valence-electron chi connectivity index (χ3n) is 2.78. The van der Waals surface area contributed by atoms with Gasteiger partial charge in [0.2, 0.25) is 0 Å². The Labute approximate surface area is 112 Å². The van der Waals surface area contributed by atoms with Gasteiger partial charge in [-0.2, -0.15) is 0 Å². The van der Waals surface area contributed by atoms with Crippen LogP contribution in [0.1, 0.15) is 31.0 Å². The van der Waals surface area contributed by atoms with Gasteiger partial charge in [-0.25, -0.2) is 4.98 Å². The molecule has 96 valence electrons. The van der Waals surface area contributed by atoms with E-state index in [0.29, 0.717) is 12.5 Å². The molecule has 0 aliphatic rings. The van der Waals surface area contributed by atoms with Crippen LogP contribution in [0.4, 0.5) is 10.8 Å². The van der Waals surface area contributed by atoms with E-state index < -0.39 is 0 Å². The maximum absolute atomic E-state index is 5.53. The Morgan fingerprint density at radius 1 is 1.33 bits per heavy atom. The number of hydrogen-bond donors (Lipinski definition) is 2. The molecular weight excluding hydrogens is 242 g/mol. The quantitative estimate of drug-likeness (QED) is 0.866. The summed E-state index contributed by atoms with van der Waals surface area (Å²) in [7, 11) is 0. The lowest BCUT2D eigenvalue weighted by molar-refractivity contribution is 0.869. The van der Waals surface area contributed by atoms with Gasteiger partial charge < -0.3 is 11.1 Å². The summed E-state index contributed by atoms with van der Waals surface area (Å²) < 4.78 is 0. The highest BCUT2D eigenvalue weighted by Gasteiger charge is 2.07. The Morgan fingerprint density at radius 3 is 2.83 bits per heavy atom. The van der Waals surface area contributed by atoms with E-state index in [1.807, 2.05) is 6.07 Å². The van der Waals surface area contributed by atoms with Crippen molar-refractivity contribution in [2.75, 3.05) is 11.9 Å². The summed E-state index contributed by atoms with van der Waals surface area (Å²) in [5, 5.41) is 6.40. The van der Waals surface area contributed by atoms with E-state index in [1.165, 1.54) is 5.56 Å². The monoisotopic (exact) mass is 261 g/mol. The summed E-state index contributed by atoms with van der Waals surface area (Å²) in [4.78, 5) is 4.52. The standard InChI is InChI=1S/C14H19N3S/c1-10(2)12-5-3-4-6-13(12)17-14-16-11(7-8-15)9-18-14/h3-6,9-10H,7-8,15H2,1-2H3,(H,16,17). The van der Waals surface area contributed by atoms with Crippen LogP contribution in [-0.2, 0) is 6.42 Å². The van der Waals surface area contributed by atoms with Crippen LogP contribution in [0, 0.1) is 0 Å². The Hall–Kier alpha value is -1.39. The molecule has 1 heterocycles. The smallest absolute Gasteiger partial charge is 0.187 e. The molecule has 2 aromatic rings. The molecule has 3 N–H and O–H groups in total. The lowest BCUT2D eigenvalue weighted by Gasteiger charge is -2.12. The van der Waals surface area contributed by atoms with Crippen molar-refractivity contribution >= 4 is 22.2 Å². The molecule has 0 aliphatic carbocycles. The Bertz CT molecular complexity index is 505. The second-order valence-corrected chi connectivity index (χ2v) is 5.41. The average Bonchev–Trinajstić information content (AvgIpc) is 2.77. The van der Waals surface area contributed by atoms with Crippen LogP contribution < -0.4 is 11.1 Å². The van der Waals surface area contributed by atoms with Gasteiger partial charge in [0.05, 0.1) is 5.69 Å². The highest BCUT2D eigenvalue weighted by Crippen LogP contribution is 2.28. The molecule has 0 unspecified atom stereocenters. The first-order valence-electron chi connectivity index (χ1n) is 6.21. The van der Waals surface area contributed by atoms with Gasteiger partial charge in [-0.3, -0.25) is 0 Å². The molecule has 1 aromatic carbocycles. The molecule has 0 fully saturated rings. The molecule has 0 spiro atoms. The van der Waals surface area contributed by atoms with Crippen molar-refractivity contribution < 1.29 is 0 Å². The van der Waals surface area contributed by atoms with Gasteiger partial charge in [0.25, 0.3) is 0 Å². The summed E-state index contributed by atoms with van der Waals surface area (Å²) in [6.07, 6.45) is 0.837. The van der Waals surface area contributed by atoms with E-state index in [1.54, 1.807) is 11.3 Å². The SMILES string of the molecule is CC(C)c1ccccc1Nc1nc(CCN)cs1. The fourth-order valence-corrected chi connectivity index (χ4v) is 2.61. The number of nitrogens with zero attached hydrogens (tertiary/aromatic N) is 1. The third-order valence-corrected chi connectivity index (χ3v) is 3.58. The summed E-state index contributed by atoms with van der Waals surface area (Å²) in [5.74, 6) is 0.497. The first-order chi connectivity index (χ1) is 8.70. The average molecular weight is 261 g/mol. The van der Waals surface area contributed by atoms with Crippen molar-refractivity contribution in [1.82, 2.24) is 4.98 Å². The van der Waals surface area contributed by atoms with Gasteiger partial charge in [0, 0.05) is 17.5 Å². The second kappa shape index (κ2) is 5.98. The van der Waals surface area contributed by atoms with Crippen LogP contribution in [0.3, 0.4) is 0 Å². The minimum atomic E-state index is 0.497. The van der Waals surface area contributed by atoms with Crippen LogP contribution >= 0.6 is 11.3 Å². The molecule has 0 saturated carbocycles. The van der Waals surface area contributed by atoms with Gasteiger partial charge in [0.15, 0.2) is 5.13 Å². The molecule has 3 nitrogen and oxygen atoms in total. The fourth-order valence-electron chi connectivity index (χ4n) is 1.86. The van der Waals surface area contributed by atoms with E-state index in [4.69, 9.17) is 5.73 Å². The van der Waals surface area contributed by atoms with Crippen molar-refractivity contribution in [3.8, 4) is 0 Å². The van der Waals surface area contributed by atoms with E-state index in [-0.39, 0.29) is 0 Å². The van der Waals surface area contributed by atoms with E-state index >= 15 is 0 Å². The van der Waals surface area contributed by atoms with Gasteiger partial charge in [0.1, 0.15) is 0 Å². The number of anilines is 2. The van der Waals surface area contributed by atoms with Crippen LogP contribution in [0.5, 0.6) is 0 Å². The summed E-state index contributed by atoms with van der Waals surface area (Å²) in [6, 6.07) is 8.37. The molecule has 0 bridgehead atoms. The molecular formula is C14H19N3S. The predicted octanol–water partition coefficient (Wildman–Crippen LogP) is 3.51. The second-order valence-electron chi connectivity index (χ2n) is 4.55. The number of rotatable bonds is 5. The van der Waals surface area contributed by atoms with Crippen molar-refractivity contribution in [2.24, 2.45) is 5.73 Å². The van der Waals surface area contributed by atoms with Crippen molar-refractivity contribution in [3.63, 3.8) is 0 Å². The van der Waals surface area contributed by atoms with E-state index in [9.17, 15) is 0 Å². The van der Waals surface area contributed by atoms with Crippen LogP contribution in [0.2, 0.25) is 0 Å². The van der Waals surface area contributed by atoms with E-state index in [2.05, 4.69) is 47.7 Å². The zero-order valence-corrected chi connectivity index (χ0v) is 11.6. The van der Waals surface area contributed by atoms with Crippen LogP contribution in [-0.4, -0.2) is 11.5 Å². The first kappa shape index (κ1) is 13.1. The highest BCUT2D eigenvalue weighted by atomic mass is 32.1. The summed E-state index contributed by atoms with van der Waals surface area (Å²) in [5.41, 5.74) is 9.05. The minimum absolute atomic E-state index is 0.497. The fraction of sp³-hybridized carbons (Fsp3) is 0.357. The third kappa shape index (κ3) is 3.09. The Kier molecular flexibility index (Phi) is 4.33. The van der Waals surface area contributed by atoms with Crippen LogP contribution in [0.25, 0.3) is 0 Å². The molecule has 2 rings (SSSR count). The highest BCUT2D eigenvalue weighted by molar-refractivity contribution is 7.13. The number of thiazole rings is 1. The Balaban J connectivity index is 2.17. The minimum Gasteiger partial charge on any atom is -0.331 e. The maximum atomic E-state index is 5.53.